The van der Waals surface area contributed by atoms with Gasteiger partial charge in [0.05, 0.1) is 0 Å². The second-order valence-corrected chi connectivity index (χ2v) is 26.4. The van der Waals surface area contributed by atoms with Gasteiger partial charge in [-0.2, -0.15) is 0 Å². The van der Waals surface area contributed by atoms with Crippen LogP contribution in [0.5, 0.6) is 17.2 Å². The molecular formula is C99H89N3O8. The lowest BCUT2D eigenvalue weighted by Crippen LogP contribution is -2.22. The van der Waals surface area contributed by atoms with Gasteiger partial charge in [0.1, 0.15) is 42.7 Å². The molecule has 0 amide bonds. The van der Waals surface area contributed by atoms with Crippen LogP contribution >= 0.6 is 0 Å². The van der Waals surface area contributed by atoms with E-state index < -0.39 is 17.9 Å². The van der Waals surface area contributed by atoms with Gasteiger partial charge in [-0.1, -0.05) is 231 Å². The molecule has 548 valence electrons. The van der Waals surface area contributed by atoms with Crippen LogP contribution in [0.15, 0.2) is 383 Å². The summed E-state index contributed by atoms with van der Waals surface area (Å²) < 4.78 is 27.3. The van der Waals surface area contributed by atoms with Gasteiger partial charge in [0.2, 0.25) is 0 Å². The molecule has 0 aromatic heterocycles. The van der Waals surface area contributed by atoms with Gasteiger partial charge in [-0.25, -0.2) is 14.4 Å². The van der Waals surface area contributed by atoms with Crippen LogP contribution in [0, 0.1) is 13.8 Å². The summed E-state index contributed by atoms with van der Waals surface area (Å²) in [7, 11) is 0. The van der Waals surface area contributed by atoms with E-state index in [2.05, 4.69) is 261 Å². The maximum atomic E-state index is 11.9. The summed E-state index contributed by atoms with van der Waals surface area (Å²) in [6.07, 6.45) is 2.63. The van der Waals surface area contributed by atoms with Gasteiger partial charge < -0.3 is 38.4 Å². The monoisotopic (exact) mass is 1450 g/mol. The Morgan fingerprint density at radius 2 is 0.618 bits per heavy atom. The minimum absolute atomic E-state index is 0.280. The van der Waals surface area contributed by atoms with E-state index in [-0.39, 0.29) is 25.4 Å². The molecule has 13 rings (SSSR count). The van der Waals surface area contributed by atoms with E-state index in [9.17, 15) is 14.4 Å². The molecule has 0 aliphatic rings. The highest BCUT2D eigenvalue weighted by molar-refractivity contribution is 5.93. The quantitative estimate of drug-likeness (QED) is 0.0224. The third kappa shape index (κ3) is 21.7. The van der Waals surface area contributed by atoms with Gasteiger partial charge in [-0.3, -0.25) is 0 Å². The van der Waals surface area contributed by atoms with Crippen molar-refractivity contribution >= 4 is 80.7 Å². The first-order valence-corrected chi connectivity index (χ1v) is 36.5. The zero-order chi connectivity index (χ0) is 77.1. The van der Waals surface area contributed by atoms with Crippen molar-refractivity contribution in [2.45, 2.75) is 53.8 Å². The van der Waals surface area contributed by atoms with E-state index in [0.717, 1.165) is 113 Å². The predicted octanol–water partition coefficient (Wildman–Crippen LogP) is 24.9. The lowest BCUT2D eigenvalue weighted by molar-refractivity contribution is -0.145. The van der Waals surface area contributed by atoms with E-state index in [1.807, 2.05) is 140 Å². The summed E-state index contributed by atoms with van der Waals surface area (Å²) >= 11 is 0. The Kier molecular flexibility index (Phi) is 27.1. The predicted molar refractivity (Wildman–Crippen MR) is 451 cm³/mol. The Bertz CT molecular complexity index is 5030. The second-order valence-electron chi connectivity index (χ2n) is 26.4. The van der Waals surface area contributed by atoms with Crippen LogP contribution in [-0.2, 0) is 23.9 Å². The van der Waals surface area contributed by atoms with E-state index in [1.54, 1.807) is 27.7 Å². The minimum atomic E-state index is -0.451. The zero-order valence-corrected chi connectivity index (χ0v) is 62.9. The Balaban J connectivity index is 0.000000165. The number of hydrogen-bond donors (Lipinski definition) is 0. The number of carbonyl (C=O) groups is 3. The molecule has 13 aromatic carbocycles. The summed E-state index contributed by atoms with van der Waals surface area (Å²) in [5.74, 6) is 0.655. The number of para-hydroxylation sites is 4. The van der Waals surface area contributed by atoms with Gasteiger partial charge in [0, 0.05) is 68.4 Å². The van der Waals surface area contributed by atoms with Crippen molar-refractivity contribution in [1.29, 1.82) is 0 Å². The smallest absolute Gasteiger partial charge is 0.338 e. The van der Waals surface area contributed by atoms with E-state index >= 15 is 0 Å². The van der Waals surface area contributed by atoms with Gasteiger partial charge in [-0.15, -0.1) is 0 Å². The fourth-order valence-electron chi connectivity index (χ4n) is 11.9. The van der Waals surface area contributed by atoms with Crippen LogP contribution in [0.3, 0.4) is 0 Å². The first-order valence-electron chi connectivity index (χ1n) is 36.5. The number of carbonyl (C=O) groups excluding carboxylic acids is 3. The largest absolute Gasteiger partial charge is 0.490 e. The molecule has 0 N–H and O–H groups in total. The molecule has 0 aliphatic carbocycles. The highest BCUT2D eigenvalue weighted by Gasteiger charge is 2.18. The number of aryl methyl sites for hydroxylation is 2. The van der Waals surface area contributed by atoms with Crippen LogP contribution in [0.4, 0.5) is 51.2 Å². The topological polar surface area (TPSA) is 107 Å². The van der Waals surface area contributed by atoms with Crippen molar-refractivity contribution in [3.05, 3.63) is 411 Å². The molecule has 0 saturated carbocycles. The maximum absolute atomic E-state index is 11.9. The van der Waals surface area contributed by atoms with Crippen molar-refractivity contribution in [3.8, 4) is 39.5 Å². The average molecular weight is 1450 g/mol. The molecule has 11 heteroatoms. The molecule has 2 atom stereocenters. The molecule has 0 saturated heterocycles. The Hall–Kier alpha value is -13.8. The molecule has 13 aromatic rings. The molecular weight excluding hydrogens is 1360 g/mol. The van der Waals surface area contributed by atoms with Crippen molar-refractivity contribution in [2.75, 3.05) is 27.9 Å². The van der Waals surface area contributed by atoms with Crippen LogP contribution in [-0.4, -0.2) is 43.3 Å². The number of esters is 3. The third-order valence-corrected chi connectivity index (χ3v) is 17.6. The van der Waals surface area contributed by atoms with Crippen LogP contribution in [0.2, 0.25) is 0 Å². The second kappa shape index (κ2) is 38.5. The van der Waals surface area contributed by atoms with Gasteiger partial charge >= 0.3 is 17.9 Å². The number of anilines is 9. The number of ether oxygens (including phenoxy) is 5. The summed E-state index contributed by atoms with van der Waals surface area (Å²) in [6, 6.07) is 118. The fraction of sp³-hybridized carbons (Fsp3) is 0.101. The van der Waals surface area contributed by atoms with Crippen molar-refractivity contribution in [3.63, 3.8) is 0 Å². The number of nitrogens with zero attached hydrogens (tertiary/aromatic N) is 3. The number of rotatable bonds is 26. The highest BCUT2D eigenvalue weighted by Crippen LogP contribution is 2.40. The molecule has 110 heavy (non-hydrogen) atoms. The molecule has 2 unspecified atom stereocenters. The number of benzene rings is 13. The van der Waals surface area contributed by atoms with Gasteiger partial charge in [-0.05, 0) is 238 Å². The van der Waals surface area contributed by atoms with Crippen molar-refractivity contribution in [2.24, 2.45) is 0 Å². The Morgan fingerprint density at radius 3 is 0.955 bits per heavy atom. The Morgan fingerprint density at radius 1 is 0.336 bits per heavy atom. The van der Waals surface area contributed by atoms with Gasteiger partial charge in [0.15, 0.2) is 0 Å². The van der Waals surface area contributed by atoms with Crippen LogP contribution in [0.1, 0.15) is 55.5 Å². The lowest BCUT2D eigenvalue weighted by Gasteiger charge is -2.26. The zero-order valence-electron chi connectivity index (χ0n) is 62.9. The highest BCUT2D eigenvalue weighted by atomic mass is 16.6. The van der Waals surface area contributed by atoms with E-state index in [0.29, 0.717) is 16.9 Å². The molecule has 0 bridgehead atoms. The summed E-state index contributed by atoms with van der Waals surface area (Å²) in [6.45, 7) is 22.3. The standard InChI is InChI=1S/C38H33NO2.C31H29NO3.C30H27NO3/c1-27(2)38(40)41-36-24-16-32(17-25-36)37(31-8-6-5-7-9-31)26-30-14-22-35(23-15-30)39(33-18-10-28(3)11-19-33)34-20-12-29(4)13-21-34;1-23(2)31(33)35-24(3)22-34-30-20-16-26(17-21-30)25-14-18-29(19-15-25)32(27-10-6-4-7-11-27)28-12-8-5-9-13-28;1-3-30(32)34-23(2)22-33-29-20-16-25(17-21-29)24-14-18-28(19-15-24)31(26-10-6-4-7-11-26)27-12-8-5-9-13-27/h5-26H,1H2,2-4H3;4-21,24H,1,22H2,2-3H3;3-21,23H,1,22H2,2H3. The lowest BCUT2D eigenvalue weighted by atomic mass is 9.95. The minimum Gasteiger partial charge on any atom is -0.490 e. The summed E-state index contributed by atoms with van der Waals surface area (Å²) in [5, 5.41) is 0. The molecule has 0 heterocycles. The number of hydrogen-bond acceptors (Lipinski definition) is 11. The van der Waals surface area contributed by atoms with E-state index in [1.165, 1.54) is 11.1 Å². The molecule has 0 radical (unpaired) electrons. The third-order valence-electron chi connectivity index (χ3n) is 17.6. The first-order chi connectivity index (χ1) is 53.5. The average Bonchev–Trinajstić information content (AvgIpc) is 0.816. The van der Waals surface area contributed by atoms with Crippen molar-refractivity contribution < 1.29 is 38.1 Å². The fourth-order valence-corrected chi connectivity index (χ4v) is 11.9. The maximum Gasteiger partial charge on any atom is 0.338 e. The van der Waals surface area contributed by atoms with Crippen molar-refractivity contribution in [1.82, 2.24) is 0 Å². The molecule has 0 aliphatic heterocycles. The molecule has 0 fully saturated rings. The Labute approximate surface area is 646 Å². The van der Waals surface area contributed by atoms with Gasteiger partial charge in [0.25, 0.3) is 0 Å². The normalized spacial score (nSPS) is 11.3. The first kappa shape index (κ1) is 77.3. The SMILES string of the molecule is C=C(C)C(=O)OC(C)COc1ccc(-c2ccc(N(c3ccccc3)c3ccccc3)cc2)cc1.C=C(C)C(=O)Oc1ccc(C(=Cc2ccc(N(c3ccc(C)cc3)c3ccc(C)cc3)cc2)c2ccccc2)cc1.C=CC(=O)OC(C)COc1ccc(-c2ccc(N(c3ccccc3)c3ccccc3)cc2)cc1. The molecule has 0 spiro atoms. The summed E-state index contributed by atoms with van der Waals surface area (Å²) in [4.78, 5) is 41.6. The summed E-state index contributed by atoms with van der Waals surface area (Å²) in [5.41, 5.74) is 21.8. The molecule has 11 nitrogen and oxygen atoms in total. The van der Waals surface area contributed by atoms with E-state index in [4.69, 9.17) is 23.7 Å². The van der Waals surface area contributed by atoms with Crippen LogP contribution < -0.4 is 28.9 Å². The van der Waals surface area contributed by atoms with Crippen LogP contribution in [0.25, 0.3) is 33.9 Å².